The number of likely N-dealkylation sites (tertiary alicyclic amines) is 1. The van der Waals surface area contributed by atoms with E-state index in [9.17, 15) is 9.59 Å². The lowest BCUT2D eigenvalue weighted by Crippen LogP contribution is -2.42. The second-order valence-corrected chi connectivity index (χ2v) is 6.88. The van der Waals surface area contributed by atoms with Gasteiger partial charge < -0.3 is 4.90 Å². The smallest absolute Gasteiger partial charge is 0.257 e. The number of benzene rings is 2. The summed E-state index contributed by atoms with van der Waals surface area (Å²) in [4.78, 5) is 27.2. The molecule has 5 heteroatoms. The minimum Gasteiger partial charge on any atom is -0.338 e. The van der Waals surface area contributed by atoms with Gasteiger partial charge in [0.2, 0.25) is 0 Å². The van der Waals surface area contributed by atoms with E-state index in [-0.39, 0.29) is 17.6 Å². The maximum absolute atomic E-state index is 12.9. The molecule has 3 aromatic rings. The largest absolute Gasteiger partial charge is 0.338 e. The number of hydrogen-bond donors (Lipinski definition) is 1. The summed E-state index contributed by atoms with van der Waals surface area (Å²) in [6.07, 6.45) is 4.77. The monoisotopic (exact) mass is 359 g/mol. The van der Waals surface area contributed by atoms with Crippen LogP contribution in [-0.4, -0.2) is 39.9 Å². The van der Waals surface area contributed by atoms with Gasteiger partial charge in [0.15, 0.2) is 5.78 Å². The number of carbonyl (C=O) groups is 2. The first kappa shape index (κ1) is 17.2. The molecule has 1 aliphatic heterocycles. The third kappa shape index (κ3) is 3.67. The van der Waals surface area contributed by atoms with Crippen LogP contribution in [0.3, 0.4) is 0 Å². The molecule has 1 aliphatic rings. The fourth-order valence-corrected chi connectivity index (χ4v) is 3.62. The average Bonchev–Trinajstić information content (AvgIpc) is 3.28. The molecule has 27 heavy (non-hydrogen) atoms. The molecular formula is C22H21N3O2. The lowest BCUT2D eigenvalue weighted by molar-refractivity contribution is 0.0637. The molecule has 1 aromatic heterocycles. The lowest BCUT2D eigenvalue weighted by atomic mass is 9.89. The van der Waals surface area contributed by atoms with Crippen LogP contribution in [-0.2, 0) is 0 Å². The molecule has 1 amide bonds. The molecule has 1 unspecified atom stereocenters. The van der Waals surface area contributed by atoms with Gasteiger partial charge in [-0.15, -0.1) is 0 Å². The summed E-state index contributed by atoms with van der Waals surface area (Å²) < 4.78 is 0. The van der Waals surface area contributed by atoms with Gasteiger partial charge in [0.05, 0.1) is 11.8 Å². The molecule has 136 valence electrons. The summed E-state index contributed by atoms with van der Waals surface area (Å²) >= 11 is 0. The second kappa shape index (κ2) is 7.58. The Bertz CT molecular complexity index is 918. The van der Waals surface area contributed by atoms with Gasteiger partial charge in [-0.1, -0.05) is 54.6 Å². The van der Waals surface area contributed by atoms with Gasteiger partial charge in [-0.3, -0.25) is 14.7 Å². The molecule has 0 bridgehead atoms. The number of rotatable bonds is 4. The Morgan fingerprint density at radius 2 is 1.70 bits per heavy atom. The highest BCUT2D eigenvalue weighted by atomic mass is 16.2. The number of H-pyrrole nitrogens is 1. The Kier molecular flexibility index (Phi) is 4.83. The fourth-order valence-electron chi connectivity index (χ4n) is 3.62. The second-order valence-electron chi connectivity index (χ2n) is 6.88. The zero-order chi connectivity index (χ0) is 18.6. The lowest BCUT2D eigenvalue weighted by Gasteiger charge is -2.31. The van der Waals surface area contributed by atoms with Crippen LogP contribution in [0.4, 0.5) is 0 Å². The minimum atomic E-state index is -0.155. The first-order chi connectivity index (χ1) is 13.2. The number of nitrogens with one attached hydrogen (secondary N) is 1. The Balaban J connectivity index is 1.46. The zero-order valence-electron chi connectivity index (χ0n) is 15.0. The molecule has 1 saturated heterocycles. The van der Waals surface area contributed by atoms with Gasteiger partial charge in [-0.05, 0) is 24.0 Å². The standard InChI is InChI=1S/C22H21N3O2/c26-21(18-10-8-17(9-11-18)16-5-2-1-3-6-16)19-7-4-12-25(15-19)22(27)20-13-23-24-14-20/h1-3,5-6,8-11,13-14,19H,4,7,12,15H2,(H,23,24). The van der Waals surface area contributed by atoms with Crippen LogP contribution in [0.15, 0.2) is 67.0 Å². The highest BCUT2D eigenvalue weighted by molar-refractivity contribution is 5.99. The topological polar surface area (TPSA) is 66.1 Å². The van der Waals surface area contributed by atoms with E-state index in [0.717, 1.165) is 24.0 Å². The quantitative estimate of drug-likeness (QED) is 0.720. The summed E-state index contributed by atoms with van der Waals surface area (Å²) in [5.74, 6) is -0.114. The van der Waals surface area contributed by atoms with Gasteiger partial charge in [0, 0.05) is 30.8 Å². The normalized spacial score (nSPS) is 16.9. The fraction of sp³-hybridized carbons (Fsp3) is 0.227. The number of hydrogen-bond acceptors (Lipinski definition) is 3. The molecule has 4 rings (SSSR count). The average molecular weight is 359 g/mol. The molecule has 2 aromatic carbocycles. The van der Waals surface area contributed by atoms with Crippen LogP contribution in [0.5, 0.6) is 0 Å². The van der Waals surface area contributed by atoms with E-state index in [1.807, 2.05) is 42.5 Å². The molecule has 5 nitrogen and oxygen atoms in total. The number of ketones is 1. The van der Waals surface area contributed by atoms with Gasteiger partial charge >= 0.3 is 0 Å². The third-order valence-corrected chi connectivity index (χ3v) is 5.10. The summed E-state index contributed by atoms with van der Waals surface area (Å²) in [6.45, 7) is 1.14. The summed E-state index contributed by atoms with van der Waals surface area (Å²) in [6, 6.07) is 17.8. The van der Waals surface area contributed by atoms with Gasteiger partial charge in [-0.2, -0.15) is 5.10 Å². The predicted octanol–water partition coefficient (Wildman–Crippen LogP) is 3.81. The van der Waals surface area contributed by atoms with E-state index >= 15 is 0 Å². The third-order valence-electron chi connectivity index (χ3n) is 5.10. The molecule has 0 spiro atoms. The summed E-state index contributed by atoms with van der Waals surface area (Å²) in [5, 5.41) is 6.50. The van der Waals surface area contributed by atoms with E-state index in [1.165, 1.54) is 6.20 Å². The molecule has 0 aliphatic carbocycles. The van der Waals surface area contributed by atoms with Crippen molar-refractivity contribution in [2.24, 2.45) is 5.92 Å². The van der Waals surface area contributed by atoms with Gasteiger partial charge in [-0.25, -0.2) is 0 Å². The van der Waals surface area contributed by atoms with E-state index < -0.39 is 0 Å². The minimum absolute atomic E-state index is 0.0688. The highest BCUT2D eigenvalue weighted by Crippen LogP contribution is 2.24. The van der Waals surface area contributed by atoms with Crippen LogP contribution in [0, 0.1) is 5.92 Å². The van der Waals surface area contributed by atoms with Crippen molar-refractivity contribution in [3.63, 3.8) is 0 Å². The van der Waals surface area contributed by atoms with Gasteiger partial charge in [0.25, 0.3) is 5.91 Å². The molecule has 2 heterocycles. The van der Waals surface area contributed by atoms with Crippen molar-refractivity contribution in [3.05, 3.63) is 78.1 Å². The van der Waals surface area contributed by atoms with E-state index in [0.29, 0.717) is 24.2 Å². The number of carbonyl (C=O) groups excluding carboxylic acids is 2. The van der Waals surface area contributed by atoms with Crippen LogP contribution in [0.2, 0.25) is 0 Å². The molecule has 1 atom stereocenters. The maximum Gasteiger partial charge on any atom is 0.257 e. The van der Waals surface area contributed by atoms with Crippen LogP contribution in [0.1, 0.15) is 33.6 Å². The number of piperidine rings is 1. The van der Waals surface area contributed by atoms with Crippen molar-refractivity contribution in [1.82, 2.24) is 15.1 Å². The molecule has 0 saturated carbocycles. The van der Waals surface area contributed by atoms with E-state index in [2.05, 4.69) is 22.3 Å². The first-order valence-corrected chi connectivity index (χ1v) is 9.20. The van der Waals surface area contributed by atoms with Crippen molar-refractivity contribution in [2.45, 2.75) is 12.8 Å². The van der Waals surface area contributed by atoms with Crippen LogP contribution in [0.25, 0.3) is 11.1 Å². The SMILES string of the molecule is O=C(c1ccc(-c2ccccc2)cc1)C1CCCN(C(=O)c2cn[nH]c2)C1. The van der Waals surface area contributed by atoms with Crippen LogP contribution < -0.4 is 0 Å². The van der Waals surface area contributed by atoms with Crippen molar-refractivity contribution < 1.29 is 9.59 Å². The number of amides is 1. The van der Waals surface area contributed by atoms with E-state index in [4.69, 9.17) is 0 Å². The molecular weight excluding hydrogens is 338 g/mol. The summed E-state index contributed by atoms with van der Waals surface area (Å²) in [5.41, 5.74) is 3.46. The summed E-state index contributed by atoms with van der Waals surface area (Å²) in [7, 11) is 0. The number of aromatic amines is 1. The number of aromatic nitrogens is 2. The Hall–Kier alpha value is -3.21. The Labute approximate surface area is 158 Å². The van der Waals surface area contributed by atoms with Crippen molar-refractivity contribution in [3.8, 4) is 11.1 Å². The first-order valence-electron chi connectivity index (χ1n) is 9.20. The Morgan fingerprint density at radius 3 is 2.41 bits per heavy atom. The van der Waals surface area contributed by atoms with Crippen LogP contribution >= 0.6 is 0 Å². The highest BCUT2D eigenvalue weighted by Gasteiger charge is 2.29. The molecule has 1 fully saturated rings. The number of Topliss-reactive ketones (excluding diaryl/α,β-unsaturated/α-hetero) is 1. The van der Waals surface area contributed by atoms with Crippen molar-refractivity contribution >= 4 is 11.7 Å². The number of nitrogens with zero attached hydrogens (tertiary/aromatic N) is 2. The molecule has 1 N–H and O–H groups in total. The zero-order valence-corrected chi connectivity index (χ0v) is 15.0. The van der Waals surface area contributed by atoms with Crippen molar-refractivity contribution in [1.29, 1.82) is 0 Å². The van der Waals surface area contributed by atoms with Gasteiger partial charge in [0.1, 0.15) is 0 Å². The molecule has 0 radical (unpaired) electrons. The van der Waals surface area contributed by atoms with E-state index in [1.54, 1.807) is 11.1 Å². The predicted molar refractivity (Wildman–Crippen MR) is 103 cm³/mol. The van der Waals surface area contributed by atoms with Crippen molar-refractivity contribution in [2.75, 3.05) is 13.1 Å². The Morgan fingerprint density at radius 1 is 0.963 bits per heavy atom. The maximum atomic E-state index is 12.9.